The predicted molar refractivity (Wildman–Crippen MR) is 87.4 cm³/mol. The lowest BCUT2D eigenvalue weighted by molar-refractivity contribution is -0.384. The van der Waals surface area contributed by atoms with Crippen molar-refractivity contribution in [2.75, 3.05) is 32.1 Å². The third-order valence-electron chi connectivity index (χ3n) is 3.65. The van der Waals surface area contributed by atoms with Crippen LogP contribution in [0, 0.1) is 10.1 Å². The zero-order valence-electron chi connectivity index (χ0n) is 14.0. The molecule has 0 radical (unpaired) electrons. The number of esters is 1. The van der Waals surface area contributed by atoms with Gasteiger partial charge in [-0.3, -0.25) is 19.8 Å². The van der Waals surface area contributed by atoms with Gasteiger partial charge >= 0.3 is 12.0 Å². The fourth-order valence-electron chi connectivity index (χ4n) is 2.37. The number of amides is 3. The van der Waals surface area contributed by atoms with Gasteiger partial charge in [0.25, 0.3) is 11.6 Å². The highest BCUT2D eigenvalue weighted by Gasteiger charge is 2.32. The lowest BCUT2D eigenvalue weighted by atomic mass is 10.1. The summed E-state index contributed by atoms with van der Waals surface area (Å²) in [5, 5.41) is 13.4. The summed E-state index contributed by atoms with van der Waals surface area (Å²) >= 11 is 0. The molecule has 1 aromatic carbocycles. The van der Waals surface area contributed by atoms with Crippen molar-refractivity contribution in [3.63, 3.8) is 0 Å². The average Bonchev–Trinajstić information content (AvgIpc) is 2.99. The Morgan fingerprint density at radius 1 is 1.40 bits per heavy atom. The molecule has 0 unspecified atom stereocenters. The number of anilines is 1. The topological polar surface area (TPSA) is 122 Å². The maximum Gasteiger partial charge on any atom is 0.341 e. The molecular weight excluding hydrogens is 332 g/mol. The molecule has 1 fully saturated rings. The van der Waals surface area contributed by atoms with Crippen LogP contribution in [-0.2, 0) is 9.53 Å². The number of carbonyl (C=O) groups is 3. The van der Waals surface area contributed by atoms with Gasteiger partial charge in [-0.15, -0.1) is 0 Å². The zero-order chi connectivity index (χ0) is 18.7. The summed E-state index contributed by atoms with van der Waals surface area (Å²) < 4.78 is 5.13. The van der Waals surface area contributed by atoms with E-state index >= 15 is 0 Å². The summed E-state index contributed by atoms with van der Waals surface area (Å²) in [4.78, 5) is 49.0. The van der Waals surface area contributed by atoms with E-state index in [1.54, 1.807) is 19.0 Å². The van der Waals surface area contributed by atoms with E-state index in [0.29, 0.717) is 12.2 Å². The second-order valence-corrected chi connectivity index (χ2v) is 5.62. The van der Waals surface area contributed by atoms with Crippen LogP contribution < -0.4 is 10.2 Å². The number of hydrogen-bond donors (Lipinski definition) is 1. The number of urea groups is 1. The van der Waals surface area contributed by atoms with Gasteiger partial charge in [-0.2, -0.15) is 0 Å². The average molecular weight is 350 g/mol. The Bertz CT molecular complexity index is 733. The molecule has 1 saturated heterocycles. The first-order chi connectivity index (χ1) is 11.7. The third-order valence-corrected chi connectivity index (χ3v) is 3.65. The second kappa shape index (κ2) is 7.16. The second-order valence-electron chi connectivity index (χ2n) is 5.62. The SMILES string of the molecule is C[C@@H](OC(=O)c1cc([N+](=O)[O-])ccc1N(C)C)C(=O)N1CCNC1=O. The molecule has 10 heteroatoms. The molecule has 0 spiro atoms. The van der Waals surface area contributed by atoms with Gasteiger partial charge in [0, 0.05) is 39.3 Å². The van der Waals surface area contributed by atoms with Gasteiger partial charge in [-0.1, -0.05) is 0 Å². The maximum atomic E-state index is 12.4. The molecule has 1 atom stereocenters. The van der Waals surface area contributed by atoms with Gasteiger partial charge in [0.1, 0.15) is 0 Å². The van der Waals surface area contributed by atoms with E-state index in [1.807, 2.05) is 0 Å². The molecule has 2 rings (SSSR count). The van der Waals surface area contributed by atoms with Crippen molar-refractivity contribution in [1.29, 1.82) is 0 Å². The molecule has 1 heterocycles. The van der Waals surface area contributed by atoms with E-state index in [1.165, 1.54) is 19.1 Å². The first-order valence-electron chi connectivity index (χ1n) is 7.48. The smallest absolute Gasteiger partial charge is 0.341 e. The van der Waals surface area contributed by atoms with Crippen LogP contribution in [0.2, 0.25) is 0 Å². The Labute approximate surface area is 143 Å². The fourth-order valence-corrected chi connectivity index (χ4v) is 2.37. The molecule has 1 aliphatic rings. The van der Waals surface area contributed by atoms with Crippen LogP contribution in [0.3, 0.4) is 0 Å². The molecule has 1 aliphatic heterocycles. The first-order valence-corrected chi connectivity index (χ1v) is 7.48. The van der Waals surface area contributed by atoms with E-state index in [0.717, 1.165) is 11.0 Å². The van der Waals surface area contributed by atoms with Gasteiger partial charge in [-0.05, 0) is 13.0 Å². The van der Waals surface area contributed by atoms with Crippen LogP contribution in [0.15, 0.2) is 18.2 Å². The molecule has 0 aliphatic carbocycles. The number of non-ortho nitro benzene ring substituents is 1. The highest BCUT2D eigenvalue weighted by atomic mass is 16.6. The molecule has 25 heavy (non-hydrogen) atoms. The van der Waals surface area contributed by atoms with E-state index in [4.69, 9.17) is 4.74 Å². The van der Waals surface area contributed by atoms with Gasteiger partial charge in [0.15, 0.2) is 6.10 Å². The van der Waals surface area contributed by atoms with Crippen molar-refractivity contribution in [3.8, 4) is 0 Å². The molecule has 1 aromatic rings. The minimum atomic E-state index is -1.20. The van der Waals surface area contributed by atoms with Crippen molar-refractivity contribution in [2.24, 2.45) is 0 Å². The summed E-state index contributed by atoms with van der Waals surface area (Å²) in [5.74, 6) is -1.53. The molecule has 0 saturated carbocycles. The van der Waals surface area contributed by atoms with E-state index in [9.17, 15) is 24.5 Å². The standard InChI is InChI=1S/C15H18N4O6/c1-9(13(20)18-7-6-16-15(18)22)25-14(21)11-8-10(19(23)24)4-5-12(11)17(2)3/h4-5,8-9H,6-7H2,1-3H3,(H,16,22)/t9-/m1/s1. The summed E-state index contributed by atoms with van der Waals surface area (Å²) in [5.41, 5.74) is 0.106. The number of imide groups is 1. The summed E-state index contributed by atoms with van der Waals surface area (Å²) in [6, 6.07) is 3.25. The van der Waals surface area contributed by atoms with E-state index < -0.39 is 28.9 Å². The Kier molecular flexibility index (Phi) is 5.20. The highest BCUT2D eigenvalue weighted by molar-refractivity contribution is 6.01. The van der Waals surface area contributed by atoms with Gasteiger partial charge in [0.2, 0.25) is 0 Å². The van der Waals surface area contributed by atoms with E-state index in [2.05, 4.69) is 5.32 Å². The van der Waals surface area contributed by atoms with Gasteiger partial charge in [-0.25, -0.2) is 9.59 Å². The number of nitrogens with one attached hydrogen (secondary N) is 1. The summed E-state index contributed by atoms with van der Waals surface area (Å²) in [7, 11) is 3.34. The molecule has 3 amide bonds. The number of benzene rings is 1. The quantitative estimate of drug-likeness (QED) is 0.472. The highest BCUT2D eigenvalue weighted by Crippen LogP contribution is 2.25. The number of nitro groups is 1. The minimum Gasteiger partial charge on any atom is -0.449 e. The Balaban J connectivity index is 2.21. The largest absolute Gasteiger partial charge is 0.449 e. The summed E-state index contributed by atoms with van der Waals surface area (Å²) in [6.07, 6.45) is -1.20. The van der Waals surface area contributed by atoms with E-state index in [-0.39, 0.29) is 17.8 Å². The first kappa shape index (κ1) is 18.2. The number of nitrogens with zero attached hydrogens (tertiary/aromatic N) is 3. The predicted octanol–water partition coefficient (Wildman–Crippen LogP) is 0.758. The molecule has 10 nitrogen and oxygen atoms in total. The van der Waals surface area contributed by atoms with Crippen molar-refractivity contribution < 1.29 is 24.0 Å². The lowest BCUT2D eigenvalue weighted by Gasteiger charge is -2.20. The fraction of sp³-hybridized carbons (Fsp3) is 0.400. The number of hydrogen-bond acceptors (Lipinski definition) is 7. The molecule has 0 aromatic heterocycles. The van der Waals surface area contributed by atoms with Crippen molar-refractivity contribution in [2.45, 2.75) is 13.0 Å². The van der Waals surface area contributed by atoms with Crippen LogP contribution in [0.25, 0.3) is 0 Å². The third kappa shape index (κ3) is 3.84. The zero-order valence-corrected chi connectivity index (χ0v) is 14.0. The Morgan fingerprint density at radius 3 is 2.60 bits per heavy atom. The number of rotatable bonds is 5. The molecule has 0 bridgehead atoms. The lowest BCUT2D eigenvalue weighted by Crippen LogP contribution is -2.41. The number of nitro benzene ring substituents is 1. The molecular formula is C15H18N4O6. The van der Waals surface area contributed by atoms with Crippen LogP contribution in [-0.4, -0.2) is 61.0 Å². The molecule has 134 valence electrons. The summed E-state index contributed by atoms with van der Waals surface area (Å²) in [6.45, 7) is 1.87. The monoisotopic (exact) mass is 350 g/mol. The van der Waals surface area contributed by atoms with Crippen molar-refractivity contribution in [3.05, 3.63) is 33.9 Å². The normalized spacial score (nSPS) is 14.7. The van der Waals surface area contributed by atoms with Crippen LogP contribution in [0.1, 0.15) is 17.3 Å². The van der Waals surface area contributed by atoms with Crippen LogP contribution in [0.5, 0.6) is 0 Å². The van der Waals surface area contributed by atoms with Crippen LogP contribution in [0.4, 0.5) is 16.2 Å². The maximum absolute atomic E-state index is 12.4. The van der Waals surface area contributed by atoms with Gasteiger partial charge < -0.3 is 15.0 Å². The minimum absolute atomic E-state index is 0.0373. The molecule has 1 N–H and O–H groups in total. The Morgan fingerprint density at radius 2 is 2.08 bits per heavy atom. The Hall–Kier alpha value is -3.17. The van der Waals surface area contributed by atoms with Gasteiger partial charge in [0.05, 0.1) is 16.2 Å². The number of ether oxygens (including phenoxy) is 1. The van der Waals surface area contributed by atoms with Crippen molar-refractivity contribution >= 4 is 29.3 Å². The number of carbonyl (C=O) groups excluding carboxylic acids is 3. The van der Waals surface area contributed by atoms with Crippen molar-refractivity contribution in [1.82, 2.24) is 10.2 Å². The van der Waals surface area contributed by atoms with Crippen LogP contribution >= 0.6 is 0 Å².